The van der Waals surface area contributed by atoms with Crippen molar-refractivity contribution in [3.63, 3.8) is 0 Å². The van der Waals surface area contributed by atoms with Gasteiger partial charge in [-0.3, -0.25) is 14.5 Å². The molecule has 2 N–H and O–H groups in total. The quantitative estimate of drug-likeness (QED) is 0.779. The molecule has 0 aliphatic carbocycles. The maximum Gasteiger partial charge on any atom is 0.303 e. The van der Waals surface area contributed by atoms with Gasteiger partial charge in [-0.05, 0) is 52.0 Å². The van der Waals surface area contributed by atoms with Gasteiger partial charge in [-0.25, -0.2) is 0 Å². The van der Waals surface area contributed by atoms with E-state index >= 15 is 0 Å². The molecule has 0 aromatic rings. The van der Waals surface area contributed by atoms with E-state index in [0.29, 0.717) is 5.92 Å². The number of carboxylic acid groups (broad SMARTS) is 1. The van der Waals surface area contributed by atoms with Crippen LogP contribution >= 0.6 is 0 Å². The Kier molecular flexibility index (Phi) is 6.46. The zero-order valence-corrected chi connectivity index (χ0v) is 13.1. The van der Waals surface area contributed by atoms with Crippen molar-refractivity contribution in [2.45, 2.75) is 59.0 Å². The first-order valence-corrected chi connectivity index (χ1v) is 7.57. The fourth-order valence-electron chi connectivity index (χ4n) is 2.87. The number of likely N-dealkylation sites (tertiary alicyclic amines) is 1. The number of nitrogens with one attached hydrogen (secondary N) is 1. The van der Waals surface area contributed by atoms with Crippen molar-refractivity contribution in [2.75, 3.05) is 13.1 Å². The summed E-state index contributed by atoms with van der Waals surface area (Å²) in [6, 6.07) is 0.00806. The summed E-state index contributed by atoms with van der Waals surface area (Å²) in [5.74, 6) is -0.142. The maximum atomic E-state index is 12.1. The van der Waals surface area contributed by atoms with Gasteiger partial charge >= 0.3 is 5.97 Å². The van der Waals surface area contributed by atoms with Crippen LogP contribution in [0.1, 0.15) is 47.0 Å². The van der Waals surface area contributed by atoms with Crippen LogP contribution in [0.25, 0.3) is 0 Å². The summed E-state index contributed by atoms with van der Waals surface area (Å²) in [7, 11) is 0. The van der Waals surface area contributed by atoms with Gasteiger partial charge in [-0.2, -0.15) is 0 Å². The summed E-state index contributed by atoms with van der Waals surface area (Å²) in [6.45, 7) is 9.59. The normalized spacial score (nSPS) is 23.4. The lowest BCUT2D eigenvalue weighted by molar-refractivity contribution is -0.139. The number of nitrogens with zero attached hydrogens (tertiary/aromatic N) is 1. The summed E-state index contributed by atoms with van der Waals surface area (Å²) in [4.78, 5) is 25.1. The summed E-state index contributed by atoms with van der Waals surface area (Å²) in [6.07, 6.45) is 2.31. The van der Waals surface area contributed by atoms with Gasteiger partial charge in [0.15, 0.2) is 0 Å². The molecule has 0 radical (unpaired) electrons. The van der Waals surface area contributed by atoms with Gasteiger partial charge in [0.25, 0.3) is 0 Å². The molecule has 0 aromatic heterocycles. The Hall–Kier alpha value is -1.10. The molecule has 3 atom stereocenters. The summed E-state index contributed by atoms with van der Waals surface area (Å²) in [5, 5.41) is 11.8. The van der Waals surface area contributed by atoms with Crippen molar-refractivity contribution in [2.24, 2.45) is 11.8 Å². The number of amides is 1. The monoisotopic (exact) mass is 284 g/mol. The SMILES string of the molecule is CC(C)NC(=O)C(C)N1CCCC(C(C)CC(=O)O)C1. The van der Waals surface area contributed by atoms with Crippen LogP contribution in [0.2, 0.25) is 0 Å². The van der Waals surface area contributed by atoms with Gasteiger partial charge in [-0.1, -0.05) is 6.92 Å². The highest BCUT2D eigenvalue weighted by molar-refractivity contribution is 5.81. The van der Waals surface area contributed by atoms with E-state index < -0.39 is 5.97 Å². The third-order valence-corrected chi connectivity index (χ3v) is 4.15. The molecule has 1 saturated heterocycles. The van der Waals surface area contributed by atoms with E-state index in [1.54, 1.807) is 0 Å². The third-order valence-electron chi connectivity index (χ3n) is 4.15. The Morgan fingerprint density at radius 3 is 2.50 bits per heavy atom. The minimum absolute atomic E-state index is 0.0616. The number of carbonyl (C=O) groups is 2. The van der Waals surface area contributed by atoms with E-state index in [2.05, 4.69) is 10.2 Å². The summed E-state index contributed by atoms with van der Waals surface area (Å²) in [5.41, 5.74) is 0. The maximum absolute atomic E-state index is 12.1. The second-order valence-corrected chi connectivity index (χ2v) is 6.31. The lowest BCUT2D eigenvalue weighted by Crippen LogP contribution is -2.51. The highest BCUT2D eigenvalue weighted by atomic mass is 16.4. The lowest BCUT2D eigenvalue weighted by atomic mass is 9.84. The van der Waals surface area contributed by atoms with E-state index in [1.165, 1.54) is 0 Å². The van der Waals surface area contributed by atoms with Crippen LogP contribution in [0, 0.1) is 11.8 Å². The molecule has 116 valence electrons. The first-order chi connectivity index (χ1) is 9.31. The lowest BCUT2D eigenvalue weighted by Gasteiger charge is -2.38. The molecule has 20 heavy (non-hydrogen) atoms. The van der Waals surface area contributed by atoms with Crippen LogP contribution in [0.4, 0.5) is 0 Å². The molecule has 5 nitrogen and oxygen atoms in total. The molecule has 0 saturated carbocycles. The standard InChI is InChI=1S/C15H28N2O3/c1-10(2)16-15(20)12(4)17-7-5-6-13(9-17)11(3)8-14(18)19/h10-13H,5-9H2,1-4H3,(H,16,20)(H,18,19). The average molecular weight is 284 g/mol. The van der Waals surface area contributed by atoms with Gasteiger partial charge in [0.2, 0.25) is 5.91 Å². The van der Waals surface area contributed by atoms with Gasteiger partial charge in [0.1, 0.15) is 0 Å². The number of rotatable bonds is 6. The van der Waals surface area contributed by atoms with Crippen molar-refractivity contribution in [3.8, 4) is 0 Å². The largest absolute Gasteiger partial charge is 0.481 e. The molecule has 0 bridgehead atoms. The molecule has 3 unspecified atom stereocenters. The number of hydrogen-bond donors (Lipinski definition) is 2. The second kappa shape index (κ2) is 7.62. The zero-order chi connectivity index (χ0) is 15.3. The van der Waals surface area contributed by atoms with Crippen molar-refractivity contribution >= 4 is 11.9 Å². The molecule has 1 aliphatic heterocycles. The Balaban J connectivity index is 2.55. The van der Waals surface area contributed by atoms with Crippen LogP contribution in [-0.2, 0) is 9.59 Å². The Morgan fingerprint density at radius 1 is 1.30 bits per heavy atom. The number of aliphatic carboxylic acids is 1. The second-order valence-electron chi connectivity index (χ2n) is 6.31. The number of carboxylic acids is 1. The van der Waals surface area contributed by atoms with Crippen molar-refractivity contribution in [1.82, 2.24) is 10.2 Å². The Morgan fingerprint density at radius 2 is 1.95 bits per heavy atom. The van der Waals surface area contributed by atoms with Crippen LogP contribution in [0.5, 0.6) is 0 Å². The van der Waals surface area contributed by atoms with Crippen molar-refractivity contribution < 1.29 is 14.7 Å². The van der Waals surface area contributed by atoms with E-state index in [4.69, 9.17) is 5.11 Å². The predicted octanol–water partition coefficient (Wildman–Crippen LogP) is 1.72. The highest BCUT2D eigenvalue weighted by Gasteiger charge is 2.30. The number of hydrogen-bond acceptors (Lipinski definition) is 3. The predicted molar refractivity (Wildman–Crippen MR) is 78.5 cm³/mol. The van der Waals surface area contributed by atoms with Crippen molar-refractivity contribution in [3.05, 3.63) is 0 Å². The van der Waals surface area contributed by atoms with Crippen LogP contribution in [-0.4, -0.2) is 47.1 Å². The molecule has 1 rings (SSSR count). The van der Waals surface area contributed by atoms with Crippen LogP contribution in [0.15, 0.2) is 0 Å². The topological polar surface area (TPSA) is 69.6 Å². The minimum Gasteiger partial charge on any atom is -0.481 e. The van der Waals surface area contributed by atoms with Gasteiger partial charge < -0.3 is 10.4 Å². The number of carbonyl (C=O) groups excluding carboxylic acids is 1. The molecule has 1 aliphatic rings. The van der Waals surface area contributed by atoms with E-state index in [0.717, 1.165) is 25.9 Å². The molecule has 1 amide bonds. The fraction of sp³-hybridized carbons (Fsp3) is 0.867. The molecule has 5 heteroatoms. The summed E-state index contributed by atoms with van der Waals surface area (Å²) < 4.78 is 0. The molecule has 0 spiro atoms. The molecule has 1 heterocycles. The first kappa shape index (κ1) is 17.0. The first-order valence-electron chi connectivity index (χ1n) is 7.57. The number of piperidine rings is 1. The average Bonchev–Trinajstić information content (AvgIpc) is 2.36. The van der Waals surface area contributed by atoms with E-state index in [-0.39, 0.29) is 30.3 Å². The van der Waals surface area contributed by atoms with E-state index in [1.807, 2.05) is 27.7 Å². The molecule has 0 aromatic carbocycles. The Labute approximate surface area is 121 Å². The van der Waals surface area contributed by atoms with E-state index in [9.17, 15) is 9.59 Å². The smallest absolute Gasteiger partial charge is 0.303 e. The fourth-order valence-corrected chi connectivity index (χ4v) is 2.87. The van der Waals surface area contributed by atoms with Crippen LogP contribution < -0.4 is 5.32 Å². The van der Waals surface area contributed by atoms with Gasteiger partial charge in [0, 0.05) is 19.0 Å². The zero-order valence-electron chi connectivity index (χ0n) is 13.1. The third kappa shape index (κ3) is 5.12. The Bertz CT molecular complexity index is 344. The van der Waals surface area contributed by atoms with Crippen molar-refractivity contribution in [1.29, 1.82) is 0 Å². The molecule has 1 fully saturated rings. The minimum atomic E-state index is -0.736. The van der Waals surface area contributed by atoms with Crippen LogP contribution in [0.3, 0.4) is 0 Å². The molecular weight excluding hydrogens is 256 g/mol. The molecular formula is C15H28N2O3. The van der Waals surface area contributed by atoms with Gasteiger partial charge in [-0.15, -0.1) is 0 Å². The highest BCUT2D eigenvalue weighted by Crippen LogP contribution is 2.27. The van der Waals surface area contributed by atoms with Gasteiger partial charge in [0.05, 0.1) is 6.04 Å². The summed E-state index contributed by atoms with van der Waals surface area (Å²) >= 11 is 0.